The molecule has 0 spiro atoms. The first-order valence-corrected chi connectivity index (χ1v) is 6.89. The molecule has 116 valence electrons. The van der Waals surface area contributed by atoms with Gasteiger partial charge in [0.25, 0.3) is 5.91 Å². The fourth-order valence-corrected chi connectivity index (χ4v) is 1.95. The smallest absolute Gasteiger partial charge is 0.265 e. The van der Waals surface area contributed by atoms with Crippen molar-refractivity contribution >= 4 is 11.6 Å². The fourth-order valence-electron chi connectivity index (χ4n) is 1.95. The summed E-state index contributed by atoms with van der Waals surface area (Å²) in [6.45, 7) is 2.08. The Bertz CT molecular complexity index is 645. The number of amides is 1. The number of rotatable bonds is 6. The lowest BCUT2D eigenvalue weighted by atomic mass is 10.2. The largest absolute Gasteiger partial charge is 0.481 e. The highest BCUT2D eigenvalue weighted by molar-refractivity contribution is 5.94. The second-order valence-electron chi connectivity index (χ2n) is 4.84. The highest BCUT2D eigenvalue weighted by Gasteiger charge is 2.15. The van der Waals surface area contributed by atoms with Gasteiger partial charge in [-0.2, -0.15) is 0 Å². The molecule has 1 atom stereocenters. The van der Waals surface area contributed by atoms with E-state index in [9.17, 15) is 9.18 Å². The topological polar surface area (TPSA) is 47.6 Å². The van der Waals surface area contributed by atoms with Gasteiger partial charge in [0.1, 0.15) is 11.6 Å². The monoisotopic (exact) mass is 303 g/mol. The third kappa shape index (κ3) is 4.56. The Morgan fingerprint density at radius 3 is 2.73 bits per heavy atom. The van der Waals surface area contributed by atoms with Gasteiger partial charge >= 0.3 is 0 Å². The van der Waals surface area contributed by atoms with Crippen molar-refractivity contribution in [2.24, 2.45) is 0 Å². The number of halogens is 1. The summed E-state index contributed by atoms with van der Waals surface area (Å²) >= 11 is 0. The molecule has 0 aromatic heterocycles. The first-order chi connectivity index (χ1) is 10.6. The first kappa shape index (κ1) is 16.0. The maximum Gasteiger partial charge on any atom is 0.265 e. The van der Waals surface area contributed by atoms with E-state index in [0.29, 0.717) is 18.0 Å². The molecule has 2 aromatic carbocycles. The molecule has 22 heavy (non-hydrogen) atoms. The van der Waals surface area contributed by atoms with Gasteiger partial charge in [-0.25, -0.2) is 4.39 Å². The van der Waals surface area contributed by atoms with Crippen LogP contribution in [0.5, 0.6) is 5.75 Å². The standard InChI is InChI=1S/C17H18FNO3/c1-12(22-16-8-4-6-14(18)10-16)17(20)19-15-7-3-5-13(9-15)11-21-2/h3-10,12H,11H2,1-2H3,(H,19,20). The third-order valence-corrected chi connectivity index (χ3v) is 2.98. The van der Waals surface area contributed by atoms with Gasteiger partial charge in [0.15, 0.2) is 6.10 Å². The SMILES string of the molecule is COCc1cccc(NC(=O)C(C)Oc2cccc(F)c2)c1. The van der Waals surface area contributed by atoms with Crippen LogP contribution in [0.15, 0.2) is 48.5 Å². The van der Waals surface area contributed by atoms with E-state index in [0.717, 1.165) is 5.56 Å². The second kappa shape index (κ2) is 7.56. The van der Waals surface area contributed by atoms with Gasteiger partial charge in [0.2, 0.25) is 0 Å². The van der Waals surface area contributed by atoms with Crippen molar-refractivity contribution < 1.29 is 18.7 Å². The van der Waals surface area contributed by atoms with Crippen molar-refractivity contribution in [1.29, 1.82) is 0 Å². The van der Waals surface area contributed by atoms with Crippen molar-refractivity contribution in [3.8, 4) is 5.75 Å². The number of hydrogen-bond acceptors (Lipinski definition) is 3. The molecule has 0 saturated heterocycles. The maximum absolute atomic E-state index is 13.1. The molecule has 0 fully saturated rings. The summed E-state index contributed by atoms with van der Waals surface area (Å²) in [6.07, 6.45) is -0.743. The zero-order valence-corrected chi connectivity index (χ0v) is 12.5. The summed E-state index contributed by atoms with van der Waals surface area (Å²) in [7, 11) is 1.61. The quantitative estimate of drug-likeness (QED) is 0.890. The van der Waals surface area contributed by atoms with E-state index < -0.39 is 11.9 Å². The number of hydrogen-bond donors (Lipinski definition) is 1. The van der Waals surface area contributed by atoms with Crippen LogP contribution in [-0.4, -0.2) is 19.1 Å². The van der Waals surface area contributed by atoms with Gasteiger partial charge in [0.05, 0.1) is 6.61 Å². The second-order valence-corrected chi connectivity index (χ2v) is 4.84. The first-order valence-electron chi connectivity index (χ1n) is 6.89. The molecule has 2 aromatic rings. The molecule has 0 bridgehead atoms. The fraction of sp³-hybridized carbons (Fsp3) is 0.235. The molecule has 0 aliphatic carbocycles. The summed E-state index contributed by atoms with van der Waals surface area (Å²) in [4.78, 5) is 12.1. The van der Waals surface area contributed by atoms with E-state index in [1.165, 1.54) is 18.2 Å². The van der Waals surface area contributed by atoms with Crippen molar-refractivity contribution in [2.45, 2.75) is 19.6 Å². The molecule has 1 N–H and O–H groups in total. The highest BCUT2D eigenvalue weighted by Crippen LogP contribution is 2.16. The van der Waals surface area contributed by atoms with Crippen LogP contribution in [0.4, 0.5) is 10.1 Å². The highest BCUT2D eigenvalue weighted by atomic mass is 19.1. The Balaban J connectivity index is 1.97. The summed E-state index contributed by atoms with van der Waals surface area (Å²) in [5.41, 5.74) is 1.62. The Morgan fingerprint density at radius 1 is 1.23 bits per heavy atom. The van der Waals surface area contributed by atoms with Gasteiger partial charge in [-0.3, -0.25) is 4.79 Å². The van der Waals surface area contributed by atoms with Crippen LogP contribution >= 0.6 is 0 Å². The van der Waals surface area contributed by atoms with Crippen LogP contribution < -0.4 is 10.1 Å². The summed E-state index contributed by atoms with van der Waals surface area (Å²) < 4.78 is 23.6. The Morgan fingerprint density at radius 2 is 2.00 bits per heavy atom. The summed E-state index contributed by atoms with van der Waals surface area (Å²) in [5, 5.41) is 2.76. The predicted octanol–water partition coefficient (Wildman–Crippen LogP) is 3.38. The van der Waals surface area contributed by atoms with E-state index in [4.69, 9.17) is 9.47 Å². The molecule has 0 radical (unpaired) electrons. The lowest BCUT2D eigenvalue weighted by molar-refractivity contribution is -0.122. The lowest BCUT2D eigenvalue weighted by Gasteiger charge is -2.15. The van der Waals surface area contributed by atoms with Gasteiger partial charge < -0.3 is 14.8 Å². The molecule has 1 unspecified atom stereocenters. The molecule has 4 nitrogen and oxygen atoms in total. The molecule has 0 heterocycles. The summed E-state index contributed by atoms with van der Waals surface area (Å²) in [6, 6.07) is 13.0. The van der Waals surface area contributed by atoms with E-state index in [-0.39, 0.29) is 5.91 Å². The minimum absolute atomic E-state index is 0.307. The molecular weight excluding hydrogens is 285 g/mol. The normalized spacial score (nSPS) is 11.8. The van der Waals surface area contributed by atoms with Gasteiger partial charge in [-0.1, -0.05) is 18.2 Å². The minimum Gasteiger partial charge on any atom is -0.481 e. The van der Waals surface area contributed by atoms with Crippen LogP contribution in [0.3, 0.4) is 0 Å². The van der Waals surface area contributed by atoms with E-state index in [1.807, 2.05) is 18.2 Å². The lowest BCUT2D eigenvalue weighted by Crippen LogP contribution is -2.30. The van der Waals surface area contributed by atoms with Crippen LogP contribution in [0.25, 0.3) is 0 Å². The molecule has 0 aliphatic rings. The Labute approximate surface area is 128 Å². The van der Waals surface area contributed by atoms with E-state index in [1.54, 1.807) is 26.2 Å². The van der Waals surface area contributed by atoms with Crippen LogP contribution in [0.2, 0.25) is 0 Å². The van der Waals surface area contributed by atoms with Gasteiger partial charge in [-0.05, 0) is 36.8 Å². The van der Waals surface area contributed by atoms with Crippen LogP contribution in [-0.2, 0) is 16.1 Å². The van der Waals surface area contributed by atoms with Crippen molar-refractivity contribution in [1.82, 2.24) is 0 Å². The van der Waals surface area contributed by atoms with Gasteiger partial charge in [0, 0.05) is 18.9 Å². The molecule has 0 saturated carbocycles. The van der Waals surface area contributed by atoms with E-state index >= 15 is 0 Å². The third-order valence-electron chi connectivity index (χ3n) is 2.98. The maximum atomic E-state index is 13.1. The molecule has 0 aliphatic heterocycles. The zero-order valence-electron chi connectivity index (χ0n) is 12.5. The number of benzene rings is 2. The number of nitrogens with one attached hydrogen (secondary N) is 1. The average molecular weight is 303 g/mol. The number of ether oxygens (including phenoxy) is 2. The van der Waals surface area contributed by atoms with E-state index in [2.05, 4.69) is 5.32 Å². The predicted molar refractivity (Wildman–Crippen MR) is 82.3 cm³/mol. The van der Waals surface area contributed by atoms with Crippen molar-refractivity contribution in [3.05, 3.63) is 59.9 Å². The molecule has 5 heteroatoms. The van der Waals surface area contributed by atoms with Gasteiger partial charge in [-0.15, -0.1) is 0 Å². The Kier molecular flexibility index (Phi) is 5.49. The number of anilines is 1. The number of carbonyl (C=O) groups excluding carboxylic acids is 1. The minimum atomic E-state index is -0.743. The Hall–Kier alpha value is -2.40. The molecular formula is C17H18FNO3. The number of carbonyl (C=O) groups is 1. The summed E-state index contributed by atoms with van der Waals surface area (Å²) in [5.74, 6) is -0.396. The zero-order chi connectivity index (χ0) is 15.9. The molecule has 2 rings (SSSR count). The average Bonchev–Trinajstić information content (AvgIpc) is 2.48. The van der Waals surface area contributed by atoms with Crippen LogP contribution in [0, 0.1) is 5.82 Å². The van der Waals surface area contributed by atoms with Crippen LogP contribution in [0.1, 0.15) is 12.5 Å². The molecule has 1 amide bonds. The van der Waals surface area contributed by atoms with Crippen molar-refractivity contribution in [2.75, 3.05) is 12.4 Å². The number of methoxy groups -OCH3 is 1. The van der Waals surface area contributed by atoms with Crippen molar-refractivity contribution in [3.63, 3.8) is 0 Å².